The minimum Gasteiger partial charge on any atom is -0.347 e. The van der Waals surface area contributed by atoms with Crippen LogP contribution in [0.15, 0.2) is 54.6 Å². The topological polar surface area (TPSA) is 46.4 Å². The maximum Gasteiger partial charge on any atom is 0.275 e. The molecule has 0 aliphatic carbocycles. The minimum absolute atomic E-state index is 0.122. The SMILES string of the molecule is O=C(C[NH+]1CCCC[C@@H]1c1nc2ccccc2s1)NCc1ccccc1. The predicted octanol–water partition coefficient (Wildman–Crippen LogP) is 2.72. The molecular formula is C21H24N3OS+. The summed E-state index contributed by atoms with van der Waals surface area (Å²) in [6.45, 7) is 2.16. The number of hydrogen-bond donors (Lipinski definition) is 2. The van der Waals surface area contributed by atoms with Gasteiger partial charge in [0.25, 0.3) is 5.91 Å². The second-order valence-corrected chi connectivity index (χ2v) is 7.98. The van der Waals surface area contributed by atoms with Gasteiger partial charge in [0.2, 0.25) is 0 Å². The van der Waals surface area contributed by atoms with Crippen LogP contribution in [0.2, 0.25) is 0 Å². The Morgan fingerprint density at radius 3 is 2.77 bits per heavy atom. The maximum atomic E-state index is 12.5. The monoisotopic (exact) mass is 366 g/mol. The molecule has 0 spiro atoms. The van der Waals surface area contributed by atoms with Crippen molar-refractivity contribution < 1.29 is 9.69 Å². The van der Waals surface area contributed by atoms with Crippen molar-refractivity contribution in [2.24, 2.45) is 0 Å². The molecule has 2 atom stereocenters. The molecule has 1 fully saturated rings. The van der Waals surface area contributed by atoms with Gasteiger partial charge in [-0.3, -0.25) is 4.79 Å². The molecule has 1 aliphatic heterocycles. The van der Waals surface area contributed by atoms with Crippen LogP contribution in [0.4, 0.5) is 0 Å². The minimum atomic E-state index is 0.122. The van der Waals surface area contributed by atoms with Gasteiger partial charge < -0.3 is 10.2 Å². The Hall–Kier alpha value is -2.24. The van der Waals surface area contributed by atoms with E-state index in [1.807, 2.05) is 36.4 Å². The number of carbonyl (C=O) groups is 1. The van der Waals surface area contributed by atoms with Gasteiger partial charge in [0, 0.05) is 13.0 Å². The van der Waals surface area contributed by atoms with Gasteiger partial charge in [0.1, 0.15) is 6.04 Å². The largest absolute Gasteiger partial charge is 0.347 e. The first-order valence-corrected chi connectivity index (χ1v) is 10.1. The van der Waals surface area contributed by atoms with Crippen molar-refractivity contribution in [3.05, 3.63) is 65.2 Å². The molecule has 1 amide bonds. The van der Waals surface area contributed by atoms with Crippen molar-refractivity contribution in [1.82, 2.24) is 10.3 Å². The first-order chi connectivity index (χ1) is 12.8. The molecule has 1 aromatic heterocycles. The number of benzene rings is 2. The fourth-order valence-corrected chi connectivity index (χ4v) is 4.85. The molecule has 4 nitrogen and oxygen atoms in total. The van der Waals surface area contributed by atoms with E-state index in [1.165, 1.54) is 27.4 Å². The Balaban J connectivity index is 1.42. The zero-order chi connectivity index (χ0) is 17.8. The zero-order valence-corrected chi connectivity index (χ0v) is 15.6. The first-order valence-electron chi connectivity index (χ1n) is 9.30. The Kier molecular flexibility index (Phi) is 5.27. The Labute approximate surface area is 157 Å². The zero-order valence-electron chi connectivity index (χ0n) is 14.8. The van der Waals surface area contributed by atoms with Crippen LogP contribution in [0.1, 0.15) is 35.9 Å². The van der Waals surface area contributed by atoms with Gasteiger partial charge in [-0.25, -0.2) is 4.98 Å². The summed E-state index contributed by atoms with van der Waals surface area (Å²) in [5.41, 5.74) is 2.21. The number of amides is 1. The molecule has 1 unspecified atom stereocenters. The Morgan fingerprint density at radius 2 is 1.92 bits per heavy atom. The number of likely N-dealkylation sites (tertiary alicyclic amines) is 1. The Bertz CT molecular complexity index is 844. The van der Waals surface area contributed by atoms with E-state index in [0.717, 1.165) is 24.0 Å². The summed E-state index contributed by atoms with van der Waals surface area (Å²) >= 11 is 1.78. The maximum absolute atomic E-state index is 12.5. The van der Waals surface area contributed by atoms with Crippen molar-refractivity contribution >= 4 is 27.5 Å². The summed E-state index contributed by atoms with van der Waals surface area (Å²) in [7, 11) is 0. The highest BCUT2D eigenvalue weighted by molar-refractivity contribution is 7.18. The lowest BCUT2D eigenvalue weighted by Crippen LogP contribution is -3.14. The molecular weight excluding hydrogens is 342 g/mol. The van der Waals surface area contributed by atoms with Crippen LogP contribution in [0.3, 0.4) is 0 Å². The standard InChI is InChI=1S/C21H23N3OS/c25-20(22-14-16-8-2-1-3-9-16)15-24-13-7-6-11-18(24)21-23-17-10-4-5-12-19(17)26-21/h1-5,8-10,12,18H,6-7,11,13-15H2,(H,22,25)/p+1/t18-/m1/s1. The number of nitrogens with zero attached hydrogens (tertiary/aromatic N) is 1. The number of fused-ring (bicyclic) bond motifs is 1. The third-order valence-electron chi connectivity index (χ3n) is 5.06. The molecule has 2 aromatic carbocycles. The molecule has 3 aromatic rings. The lowest BCUT2D eigenvalue weighted by molar-refractivity contribution is -0.929. The third kappa shape index (κ3) is 3.94. The number of quaternary nitrogens is 1. The molecule has 1 saturated heterocycles. The lowest BCUT2D eigenvalue weighted by Gasteiger charge is -2.30. The van der Waals surface area contributed by atoms with Crippen molar-refractivity contribution in [1.29, 1.82) is 0 Å². The van der Waals surface area contributed by atoms with Crippen LogP contribution in [0.5, 0.6) is 0 Å². The van der Waals surface area contributed by atoms with Gasteiger partial charge in [-0.1, -0.05) is 42.5 Å². The number of hydrogen-bond acceptors (Lipinski definition) is 3. The van der Waals surface area contributed by atoms with Crippen LogP contribution < -0.4 is 10.2 Å². The van der Waals surface area contributed by atoms with E-state index in [9.17, 15) is 4.79 Å². The predicted molar refractivity (Wildman–Crippen MR) is 105 cm³/mol. The normalized spacial score (nSPS) is 20.2. The van der Waals surface area contributed by atoms with Crippen molar-refractivity contribution in [2.75, 3.05) is 13.1 Å². The van der Waals surface area contributed by atoms with E-state index < -0.39 is 0 Å². The average molecular weight is 367 g/mol. The highest BCUT2D eigenvalue weighted by Gasteiger charge is 2.31. The van der Waals surface area contributed by atoms with Gasteiger partial charge in [-0.05, 0) is 30.5 Å². The second-order valence-electron chi connectivity index (χ2n) is 6.92. The summed E-state index contributed by atoms with van der Waals surface area (Å²) in [6, 6.07) is 18.7. The molecule has 0 saturated carbocycles. The van der Waals surface area contributed by atoms with E-state index in [1.54, 1.807) is 11.3 Å². The molecule has 2 heterocycles. The first kappa shape index (κ1) is 17.2. The lowest BCUT2D eigenvalue weighted by atomic mass is 10.0. The highest BCUT2D eigenvalue weighted by atomic mass is 32.1. The van der Waals surface area contributed by atoms with Crippen molar-refractivity contribution in [2.45, 2.75) is 31.8 Å². The summed E-state index contributed by atoms with van der Waals surface area (Å²) in [5, 5.41) is 4.25. The quantitative estimate of drug-likeness (QED) is 0.729. The second kappa shape index (κ2) is 7.98. The molecule has 26 heavy (non-hydrogen) atoms. The Morgan fingerprint density at radius 1 is 1.12 bits per heavy atom. The van der Waals surface area contributed by atoms with Crippen LogP contribution in [-0.2, 0) is 11.3 Å². The van der Waals surface area contributed by atoms with E-state index in [2.05, 4.69) is 23.5 Å². The number of aromatic nitrogens is 1. The fraction of sp³-hybridized carbons (Fsp3) is 0.333. The molecule has 134 valence electrons. The molecule has 2 N–H and O–H groups in total. The summed E-state index contributed by atoms with van der Waals surface area (Å²) in [5.74, 6) is 0.122. The van der Waals surface area contributed by atoms with Gasteiger partial charge in [0.05, 0.1) is 16.8 Å². The van der Waals surface area contributed by atoms with Gasteiger partial charge in [-0.15, -0.1) is 11.3 Å². The number of piperidine rings is 1. The van der Waals surface area contributed by atoms with Gasteiger partial charge in [0.15, 0.2) is 11.6 Å². The number of rotatable bonds is 5. The van der Waals surface area contributed by atoms with E-state index >= 15 is 0 Å². The number of para-hydroxylation sites is 1. The van der Waals surface area contributed by atoms with Crippen LogP contribution in [0, 0.1) is 0 Å². The van der Waals surface area contributed by atoms with Gasteiger partial charge in [-0.2, -0.15) is 0 Å². The molecule has 1 aliphatic rings. The fourth-order valence-electron chi connectivity index (χ4n) is 3.69. The number of nitrogens with one attached hydrogen (secondary N) is 2. The third-order valence-corrected chi connectivity index (χ3v) is 6.21. The molecule has 0 radical (unpaired) electrons. The number of carbonyl (C=O) groups excluding carboxylic acids is 1. The smallest absolute Gasteiger partial charge is 0.275 e. The van der Waals surface area contributed by atoms with E-state index in [4.69, 9.17) is 4.98 Å². The highest BCUT2D eigenvalue weighted by Crippen LogP contribution is 2.28. The molecule has 4 rings (SSSR count). The number of thiazole rings is 1. The van der Waals surface area contributed by atoms with E-state index in [-0.39, 0.29) is 5.91 Å². The van der Waals surface area contributed by atoms with Crippen LogP contribution >= 0.6 is 11.3 Å². The summed E-state index contributed by atoms with van der Waals surface area (Å²) in [6.07, 6.45) is 3.51. The van der Waals surface area contributed by atoms with Crippen LogP contribution in [0.25, 0.3) is 10.2 Å². The van der Waals surface area contributed by atoms with Gasteiger partial charge >= 0.3 is 0 Å². The molecule has 5 heteroatoms. The average Bonchev–Trinajstić information content (AvgIpc) is 3.12. The summed E-state index contributed by atoms with van der Waals surface area (Å²) < 4.78 is 1.24. The van der Waals surface area contributed by atoms with Crippen molar-refractivity contribution in [3.63, 3.8) is 0 Å². The van der Waals surface area contributed by atoms with E-state index in [0.29, 0.717) is 19.1 Å². The summed E-state index contributed by atoms with van der Waals surface area (Å²) in [4.78, 5) is 18.7. The van der Waals surface area contributed by atoms with Crippen LogP contribution in [-0.4, -0.2) is 24.0 Å². The van der Waals surface area contributed by atoms with Crippen molar-refractivity contribution in [3.8, 4) is 0 Å². The molecule has 0 bridgehead atoms.